The van der Waals surface area contributed by atoms with Gasteiger partial charge < -0.3 is 19.7 Å². The predicted octanol–water partition coefficient (Wildman–Crippen LogP) is 3.67. The van der Waals surface area contributed by atoms with Crippen molar-refractivity contribution in [2.24, 2.45) is 0 Å². The zero-order valence-corrected chi connectivity index (χ0v) is 14.8. The lowest BCUT2D eigenvalue weighted by atomic mass is 9.79. The molecule has 1 atom stereocenters. The highest BCUT2D eigenvalue weighted by molar-refractivity contribution is 5.44. The standard InChI is InChI=1S/C22H22O4/c1-25-19-12-8-17(9-13-19)22(24,18-10-14-20(26-2)15-11-18)21(23)16-6-4-3-5-7-16/h3-15,21,23-24H,1-2H3. The molecule has 0 amide bonds. The second kappa shape index (κ2) is 7.60. The second-order valence-corrected chi connectivity index (χ2v) is 6.04. The molecule has 26 heavy (non-hydrogen) atoms. The number of aliphatic hydroxyl groups is 2. The van der Waals surface area contributed by atoms with Gasteiger partial charge in [-0.2, -0.15) is 0 Å². The normalized spacial score (nSPS) is 12.5. The molecule has 3 rings (SSSR count). The fourth-order valence-electron chi connectivity index (χ4n) is 3.05. The van der Waals surface area contributed by atoms with Gasteiger partial charge in [-0.15, -0.1) is 0 Å². The summed E-state index contributed by atoms with van der Waals surface area (Å²) in [5.74, 6) is 1.36. The summed E-state index contributed by atoms with van der Waals surface area (Å²) in [4.78, 5) is 0. The molecule has 0 spiro atoms. The van der Waals surface area contributed by atoms with E-state index in [0.29, 0.717) is 28.2 Å². The number of ether oxygens (including phenoxy) is 2. The van der Waals surface area contributed by atoms with Gasteiger partial charge in [0, 0.05) is 0 Å². The number of hydrogen-bond acceptors (Lipinski definition) is 4. The molecule has 3 aromatic carbocycles. The first kappa shape index (κ1) is 18.0. The fraction of sp³-hybridized carbons (Fsp3) is 0.182. The fourth-order valence-corrected chi connectivity index (χ4v) is 3.05. The van der Waals surface area contributed by atoms with E-state index >= 15 is 0 Å². The lowest BCUT2D eigenvalue weighted by molar-refractivity contribution is -0.0518. The summed E-state index contributed by atoms with van der Waals surface area (Å²) in [6.45, 7) is 0. The second-order valence-electron chi connectivity index (χ2n) is 6.04. The lowest BCUT2D eigenvalue weighted by Crippen LogP contribution is -2.35. The van der Waals surface area contributed by atoms with Gasteiger partial charge in [0.05, 0.1) is 14.2 Å². The van der Waals surface area contributed by atoms with Gasteiger partial charge in [-0.05, 0) is 41.0 Å². The first-order valence-electron chi connectivity index (χ1n) is 8.34. The maximum Gasteiger partial charge on any atom is 0.145 e. The highest BCUT2D eigenvalue weighted by Gasteiger charge is 2.40. The Balaban J connectivity index is 2.13. The first-order chi connectivity index (χ1) is 12.6. The average molecular weight is 350 g/mol. The Morgan fingerprint density at radius 3 is 1.50 bits per heavy atom. The van der Waals surface area contributed by atoms with E-state index in [2.05, 4.69) is 0 Å². The van der Waals surface area contributed by atoms with E-state index in [1.807, 2.05) is 18.2 Å². The molecule has 3 aromatic rings. The Bertz CT molecular complexity index is 779. The number of methoxy groups -OCH3 is 2. The summed E-state index contributed by atoms with van der Waals surface area (Å²) < 4.78 is 10.4. The van der Waals surface area contributed by atoms with Crippen LogP contribution < -0.4 is 9.47 Å². The van der Waals surface area contributed by atoms with Crippen molar-refractivity contribution >= 4 is 0 Å². The van der Waals surface area contributed by atoms with Crippen molar-refractivity contribution in [3.05, 3.63) is 95.6 Å². The number of benzene rings is 3. The molecule has 0 heterocycles. The van der Waals surface area contributed by atoms with Crippen molar-refractivity contribution < 1.29 is 19.7 Å². The van der Waals surface area contributed by atoms with Crippen LogP contribution in [0.4, 0.5) is 0 Å². The Morgan fingerprint density at radius 1 is 0.692 bits per heavy atom. The minimum absolute atomic E-state index is 0.569. The lowest BCUT2D eigenvalue weighted by Gasteiger charge is -2.34. The van der Waals surface area contributed by atoms with E-state index in [4.69, 9.17) is 9.47 Å². The van der Waals surface area contributed by atoms with Crippen molar-refractivity contribution in [1.29, 1.82) is 0 Å². The first-order valence-corrected chi connectivity index (χ1v) is 8.34. The molecule has 0 saturated carbocycles. The molecule has 1 unspecified atom stereocenters. The number of hydrogen-bond donors (Lipinski definition) is 2. The summed E-state index contributed by atoms with van der Waals surface area (Å²) in [6, 6.07) is 23.2. The molecule has 0 saturated heterocycles. The van der Waals surface area contributed by atoms with Crippen LogP contribution >= 0.6 is 0 Å². The van der Waals surface area contributed by atoms with Gasteiger partial charge in [0.1, 0.15) is 23.2 Å². The molecular weight excluding hydrogens is 328 g/mol. The molecule has 0 radical (unpaired) electrons. The van der Waals surface area contributed by atoms with Gasteiger partial charge in [0.15, 0.2) is 0 Å². The SMILES string of the molecule is COc1ccc(C(O)(c2ccc(OC)cc2)C(O)c2ccccc2)cc1. The van der Waals surface area contributed by atoms with E-state index < -0.39 is 11.7 Å². The van der Waals surface area contributed by atoms with Crippen molar-refractivity contribution in [3.63, 3.8) is 0 Å². The molecule has 4 heteroatoms. The van der Waals surface area contributed by atoms with Crippen LogP contribution in [0.15, 0.2) is 78.9 Å². The summed E-state index contributed by atoms with van der Waals surface area (Å²) in [7, 11) is 3.17. The van der Waals surface area contributed by atoms with Crippen LogP contribution in [0.1, 0.15) is 22.8 Å². The van der Waals surface area contributed by atoms with E-state index in [9.17, 15) is 10.2 Å². The molecule has 0 aromatic heterocycles. The van der Waals surface area contributed by atoms with Crippen molar-refractivity contribution in [2.45, 2.75) is 11.7 Å². The van der Waals surface area contributed by atoms with Crippen LogP contribution in [0.2, 0.25) is 0 Å². The highest BCUT2D eigenvalue weighted by Crippen LogP contribution is 2.41. The van der Waals surface area contributed by atoms with Crippen LogP contribution in [0.3, 0.4) is 0 Å². The van der Waals surface area contributed by atoms with Gasteiger partial charge in [-0.3, -0.25) is 0 Å². The zero-order chi connectivity index (χ0) is 18.6. The molecular formula is C22H22O4. The Hall–Kier alpha value is -2.82. The van der Waals surface area contributed by atoms with Gasteiger partial charge in [0.2, 0.25) is 0 Å². The summed E-state index contributed by atoms with van der Waals surface area (Å²) in [5.41, 5.74) is 0.140. The monoisotopic (exact) mass is 350 g/mol. The molecule has 0 aliphatic rings. The molecule has 0 aliphatic heterocycles. The molecule has 134 valence electrons. The minimum Gasteiger partial charge on any atom is -0.497 e. The van der Waals surface area contributed by atoms with Crippen LogP contribution in [0, 0.1) is 0 Å². The summed E-state index contributed by atoms with van der Waals surface area (Å²) in [5, 5.41) is 22.8. The largest absolute Gasteiger partial charge is 0.497 e. The van der Waals surface area contributed by atoms with E-state index in [1.165, 1.54) is 0 Å². The number of aliphatic hydroxyl groups excluding tert-OH is 1. The molecule has 0 bridgehead atoms. The molecule has 0 fully saturated rings. The average Bonchev–Trinajstić information content (AvgIpc) is 2.73. The molecule has 4 nitrogen and oxygen atoms in total. The van der Waals surface area contributed by atoms with Crippen LogP contribution in [0.5, 0.6) is 11.5 Å². The third kappa shape index (κ3) is 3.29. The van der Waals surface area contributed by atoms with E-state index in [-0.39, 0.29) is 0 Å². The molecule has 2 N–H and O–H groups in total. The van der Waals surface area contributed by atoms with Gasteiger partial charge in [-0.25, -0.2) is 0 Å². The van der Waals surface area contributed by atoms with Crippen LogP contribution in [-0.4, -0.2) is 24.4 Å². The molecule has 0 aliphatic carbocycles. The third-order valence-corrected chi connectivity index (χ3v) is 4.57. The highest BCUT2D eigenvalue weighted by atomic mass is 16.5. The smallest absolute Gasteiger partial charge is 0.145 e. The van der Waals surface area contributed by atoms with Crippen molar-refractivity contribution in [2.75, 3.05) is 14.2 Å². The maximum absolute atomic E-state index is 11.7. The van der Waals surface area contributed by atoms with Crippen LogP contribution in [-0.2, 0) is 5.60 Å². The van der Waals surface area contributed by atoms with Gasteiger partial charge >= 0.3 is 0 Å². The maximum atomic E-state index is 11.7. The van der Waals surface area contributed by atoms with Gasteiger partial charge in [-0.1, -0.05) is 54.6 Å². The van der Waals surface area contributed by atoms with Crippen molar-refractivity contribution in [1.82, 2.24) is 0 Å². The quantitative estimate of drug-likeness (QED) is 0.712. The zero-order valence-electron chi connectivity index (χ0n) is 14.8. The third-order valence-electron chi connectivity index (χ3n) is 4.57. The number of rotatable bonds is 6. The van der Waals surface area contributed by atoms with E-state index in [1.54, 1.807) is 74.9 Å². The van der Waals surface area contributed by atoms with Crippen molar-refractivity contribution in [3.8, 4) is 11.5 Å². The minimum atomic E-state index is -1.63. The van der Waals surface area contributed by atoms with Gasteiger partial charge in [0.25, 0.3) is 0 Å². The summed E-state index contributed by atoms with van der Waals surface area (Å²) >= 11 is 0. The summed E-state index contributed by atoms with van der Waals surface area (Å²) in [6.07, 6.45) is -1.15. The Morgan fingerprint density at radius 2 is 1.12 bits per heavy atom. The predicted molar refractivity (Wildman–Crippen MR) is 100 cm³/mol. The van der Waals surface area contributed by atoms with E-state index in [0.717, 1.165) is 0 Å². The Kier molecular flexibility index (Phi) is 5.26. The topological polar surface area (TPSA) is 58.9 Å². The van der Waals surface area contributed by atoms with Crippen LogP contribution in [0.25, 0.3) is 0 Å². The Labute approximate surface area is 153 Å².